The van der Waals surface area contributed by atoms with Crippen LogP contribution in [0.25, 0.3) is 0 Å². The van der Waals surface area contributed by atoms with E-state index in [9.17, 15) is 9.59 Å². The van der Waals surface area contributed by atoms with Crippen LogP contribution in [0.4, 0.5) is 11.4 Å². The number of halogens is 2. The second kappa shape index (κ2) is 8.57. The summed E-state index contributed by atoms with van der Waals surface area (Å²) in [5.41, 5.74) is 1.26. The predicted octanol–water partition coefficient (Wildman–Crippen LogP) is 3.50. The fourth-order valence-corrected chi connectivity index (χ4v) is 2.34. The molecule has 0 aliphatic heterocycles. The summed E-state index contributed by atoms with van der Waals surface area (Å²) >= 11 is 11.9. The van der Waals surface area contributed by atoms with E-state index in [-0.39, 0.29) is 24.9 Å². The smallest absolute Gasteiger partial charge is 0.244 e. The molecule has 0 aliphatic rings. The first-order valence-corrected chi connectivity index (χ1v) is 7.99. The highest BCUT2D eigenvalue weighted by molar-refractivity contribution is 6.33. The van der Waals surface area contributed by atoms with Gasteiger partial charge in [-0.25, -0.2) is 0 Å². The van der Waals surface area contributed by atoms with Crippen LogP contribution in [-0.2, 0) is 9.59 Å². The van der Waals surface area contributed by atoms with E-state index in [0.29, 0.717) is 15.7 Å². The van der Waals surface area contributed by atoms with Crippen molar-refractivity contribution < 1.29 is 9.59 Å². The molecule has 126 valence electrons. The zero-order valence-electron chi connectivity index (χ0n) is 13.1. The molecular weight excluding hydrogens is 349 g/mol. The number of likely N-dealkylation sites (N-methyl/N-ethyl adjacent to an activating group) is 1. The molecule has 2 N–H and O–H groups in total. The molecule has 0 atom stereocenters. The average molecular weight is 366 g/mol. The Morgan fingerprint density at radius 2 is 1.83 bits per heavy atom. The predicted molar refractivity (Wildman–Crippen MR) is 97.7 cm³/mol. The van der Waals surface area contributed by atoms with Crippen LogP contribution in [0, 0.1) is 0 Å². The molecule has 0 fully saturated rings. The maximum Gasteiger partial charge on any atom is 0.244 e. The Labute approximate surface area is 150 Å². The zero-order valence-corrected chi connectivity index (χ0v) is 14.6. The Balaban J connectivity index is 1.82. The Morgan fingerprint density at radius 1 is 1.08 bits per heavy atom. The fourth-order valence-electron chi connectivity index (χ4n) is 1.97. The van der Waals surface area contributed by atoms with Gasteiger partial charge in [-0.05, 0) is 30.3 Å². The SMILES string of the molecule is CN(CC(=O)Nc1ccccc1Cl)C(=O)CNc1cccc(Cl)c1. The van der Waals surface area contributed by atoms with Crippen molar-refractivity contribution in [3.63, 3.8) is 0 Å². The highest BCUT2D eigenvalue weighted by Crippen LogP contribution is 2.20. The summed E-state index contributed by atoms with van der Waals surface area (Å²) in [6, 6.07) is 14.0. The van der Waals surface area contributed by atoms with Crippen LogP contribution in [0.1, 0.15) is 0 Å². The number of amides is 2. The summed E-state index contributed by atoms with van der Waals surface area (Å²) in [5, 5.41) is 6.67. The topological polar surface area (TPSA) is 61.4 Å². The van der Waals surface area contributed by atoms with Gasteiger partial charge in [-0.2, -0.15) is 0 Å². The first-order valence-electron chi connectivity index (χ1n) is 7.23. The lowest BCUT2D eigenvalue weighted by molar-refractivity contribution is -0.131. The van der Waals surface area contributed by atoms with E-state index in [1.807, 2.05) is 6.07 Å². The molecule has 0 radical (unpaired) electrons. The van der Waals surface area contributed by atoms with Gasteiger partial charge >= 0.3 is 0 Å². The lowest BCUT2D eigenvalue weighted by Gasteiger charge is -2.18. The quantitative estimate of drug-likeness (QED) is 0.823. The Hall–Kier alpha value is -2.24. The van der Waals surface area contributed by atoms with Crippen molar-refractivity contribution in [2.45, 2.75) is 0 Å². The minimum absolute atomic E-state index is 0.0657. The molecule has 0 aliphatic carbocycles. The average Bonchev–Trinajstić information content (AvgIpc) is 2.54. The number of para-hydroxylation sites is 1. The second-order valence-electron chi connectivity index (χ2n) is 5.14. The Bertz CT molecular complexity index is 737. The maximum atomic E-state index is 12.1. The van der Waals surface area contributed by atoms with Crippen LogP contribution in [0.3, 0.4) is 0 Å². The number of anilines is 2. The van der Waals surface area contributed by atoms with E-state index in [2.05, 4.69) is 10.6 Å². The third kappa shape index (κ3) is 5.44. The third-order valence-corrected chi connectivity index (χ3v) is 3.79. The molecule has 7 heteroatoms. The number of nitrogens with zero attached hydrogens (tertiary/aromatic N) is 1. The van der Waals surface area contributed by atoms with Gasteiger partial charge in [-0.1, -0.05) is 41.4 Å². The molecule has 0 bridgehead atoms. The molecule has 2 aromatic carbocycles. The third-order valence-electron chi connectivity index (χ3n) is 3.22. The van der Waals surface area contributed by atoms with Crippen LogP contribution < -0.4 is 10.6 Å². The summed E-state index contributed by atoms with van der Waals surface area (Å²) in [4.78, 5) is 25.4. The Kier molecular flexibility index (Phi) is 6.46. The van der Waals surface area contributed by atoms with Crippen LogP contribution >= 0.6 is 23.2 Å². The number of rotatable bonds is 6. The lowest BCUT2D eigenvalue weighted by Crippen LogP contribution is -2.38. The van der Waals surface area contributed by atoms with Crippen molar-refractivity contribution in [3.05, 3.63) is 58.6 Å². The molecule has 2 aromatic rings. The number of carbonyl (C=O) groups excluding carboxylic acids is 2. The minimum Gasteiger partial charge on any atom is -0.376 e. The molecule has 0 saturated carbocycles. The molecule has 2 rings (SSSR count). The van der Waals surface area contributed by atoms with E-state index in [4.69, 9.17) is 23.2 Å². The maximum absolute atomic E-state index is 12.1. The molecule has 5 nitrogen and oxygen atoms in total. The number of hydrogen-bond acceptors (Lipinski definition) is 3. The number of benzene rings is 2. The van der Waals surface area contributed by atoms with Crippen molar-refractivity contribution >= 4 is 46.4 Å². The molecule has 24 heavy (non-hydrogen) atoms. The number of carbonyl (C=O) groups is 2. The number of hydrogen-bond donors (Lipinski definition) is 2. The first kappa shape index (κ1) is 18.1. The fraction of sp³-hybridized carbons (Fsp3) is 0.176. The van der Waals surface area contributed by atoms with Gasteiger partial charge in [0.2, 0.25) is 11.8 Å². The van der Waals surface area contributed by atoms with Crippen molar-refractivity contribution in [1.29, 1.82) is 0 Å². The van der Waals surface area contributed by atoms with Gasteiger partial charge in [0.15, 0.2) is 0 Å². The van der Waals surface area contributed by atoms with Crippen LogP contribution in [-0.4, -0.2) is 36.9 Å². The molecular formula is C17H17Cl2N3O2. The summed E-state index contributed by atoms with van der Waals surface area (Å²) in [6.07, 6.45) is 0. The Morgan fingerprint density at radius 3 is 2.54 bits per heavy atom. The second-order valence-corrected chi connectivity index (χ2v) is 5.99. The molecule has 0 spiro atoms. The van der Waals surface area contributed by atoms with Crippen molar-refractivity contribution in [1.82, 2.24) is 4.90 Å². The largest absolute Gasteiger partial charge is 0.376 e. The summed E-state index contributed by atoms with van der Waals surface area (Å²) in [6.45, 7) is -0.00248. The molecule has 0 unspecified atom stereocenters. The monoisotopic (exact) mass is 365 g/mol. The van der Waals surface area contributed by atoms with E-state index >= 15 is 0 Å². The first-order chi connectivity index (χ1) is 11.5. The van der Waals surface area contributed by atoms with E-state index < -0.39 is 0 Å². The van der Waals surface area contributed by atoms with Gasteiger partial charge in [0.25, 0.3) is 0 Å². The molecule has 0 saturated heterocycles. The van der Waals surface area contributed by atoms with E-state index in [1.165, 1.54) is 4.90 Å². The lowest BCUT2D eigenvalue weighted by atomic mass is 10.3. The number of nitrogens with one attached hydrogen (secondary N) is 2. The standard InChI is InChI=1S/C17H17Cl2N3O2/c1-22(11-16(23)21-15-8-3-2-7-14(15)19)17(24)10-20-13-6-4-5-12(18)9-13/h2-9,20H,10-11H2,1H3,(H,21,23). The zero-order chi connectivity index (χ0) is 17.5. The van der Waals surface area contributed by atoms with Gasteiger partial charge in [-0.3, -0.25) is 9.59 Å². The normalized spacial score (nSPS) is 10.1. The van der Waals surface area contributed by atoms with Crippen molar-refractivity contribution in [3.8, 4) is 0 Å². The van der Waals surface area contributed by atoms with E-state index in [0.717, 1.165) is 5.69 Å². The summed E-state index contributed by atoms with van der Waals surface area (Å²) < 4.78 is 0. The molecule has 0 heterocycles. The van der Waals surface area contributed by atoms with Gasteiger partial charge < -0.3 is 15.5 Å². The van der Waals surface area contributed by atoms with Crippen LogP contribution in [0.2, 0.25) is 10.0 Å². The van der Waals surface area contributed by atoms with E-state index in [1.54, 1.807) is 49.5 Å². The highest BCUT2D eigenvalue weighted by atomic mass is 35.5. The van der Waals surface area contributed by atoms with Crippen LogP contribution in [0.15, 0.2) is 48.5 Å². The van der Waals surface area contributed by atoms with Crippen molar-refractivity contribution in [2.24, 2.45) is 0 Å². The highest BCUT2D eigenvalue weighted by Gasteiger charge is 2.13. The van der Waals surface area contributed by atoms with Gasteiger partial charge in [-0.15, -0.1) is 0 Å². The molecule has 0 aromatic heterocycles. The minimum atomic E-state index is -0.318. The van der Waals surface area contributed by atoms with Gasteiger partial charge in [0, 0.05) is 17.8 Å². The molecule has 2 amide bonds. The van der Waals surface area contributed by atoms with Gasteiger partial charge in [0.05, 0.1) is 23.8 Å². The summed E-state index contributed by atoms with van der Waals surface area (Å²) in [7, 11) is 1.56. The van der Waals surface area contributed by atoms with Crippen molar-refractivity contribution in [2.75, 3.05) is 30.8 Å². The summed E-state index contributed by atoms with van der Waals surface area (Å²) in [5.74, 6) is -0.536. The van der Waals surface area contributed by atoms with Crippen LogP contribution in [0.5, 0.6) is 0 Å². The van der Waals surface area contributed by atoms with Gasteiger partial charge in [0.1, 0.15) is 0 Å².